The van der Waals surface area contributed by atoms with Gasteiger partial charge in [0.1, 0.15) is 0 Å². The molecule has 1 saturated heterocycles. The Balaban J connectivity index is 1.18. The van der Waals surface area contributed by atoms with Gasteiger partial charge in [-0.25, -0.2) is 9.36 Å². The van der Waals surface area contributed by atoms with Crippen molar-refractivity contribution in [3.8, 4) is 0 Å². The molecule has 2 aromatic carbocycles. The van der Waals surface area contributed by atoms with Gasteiger partial charge in [-0.05, 0) is 81.9 Å². The average molecular weight is 636 g/mol. The molecule has 4 aromatic rings. The Kier molecular flexibility index (Phi) is 9.20. The van der Waals surface area contributed by atoms with E-state index in [-0.39, 0.29) is 12.1 Å². The smallest absolute Gasteiger partial charge is 0.173 e. The first kappa shape index (κ1) is 29.8. The Morgan fingerprint density at radius 3 is 1.25 bits per heavy atom. The highest BCUT2D eigenvalue weighted by atomic mass is 35.5. The summed E-state index contributed by atoms with van der Waals surface area (Å²) >= 11 is 12.7. The summed E-state index contributed by atoms with van der Waals surface area (Å²) < 4.78 is 4.22. The van der Waals surface area contributed by atoms with Crippen LogP contribution >= 0.6 is 23.2 Å². The maximum absolute atomic E-state index is 6.33. The van der Waals surface area contributed by atoms with Gasteiger partial charge in [-0.2, -0.15) is 0 Å². The van der Waals surface area contributed by atoms with E-state index >= 15 is 0 Å². The van der Waals surface area contributed by atoms with Crippen molar-refractivity contribution in [1.82, 2.24) is 50.2 Å². The molecule has 0 amide bonds. The number of halogens is 2. The minimum Gasteiger partial charge on any atom is -0.287 e. The second-order valence-electron chi connectivity index (χ2n) is 12.5. The number of benzene rings is 2. The van der Waals surface area contributed by atoms with Crippen LogP contribution < -0.4 is 0 Å². The molecule has 12 heteroatoms. The Hall–Kier alpha value is -2.92. The van der Waals surface area contributed by atoms with Crippen LogP contribution in [0.4, 0.5) is 0 Å². The van der Waals surface area contributed by atoms with E-state index in [1.165, 1.54) is 38.5 Å². The van der Waals surface area contributed by atoms with Crippen LogP contribution in [0.1, 0.15) is 111 Å². The first-order valence-corrected chi connectivity index (χ1v) is 17.0. The molecule has 0 radical (unpaired) electrons. The van der Waals surface area contributed by atoms with Crippen molar-refractivity contribution >= 4 is 23.2 Å². The van der Waals surface area contributed by atoms with Gasteiger partial charge in [0, 0.05) is 36.2 Å². The molecule has 2 atom stereocenters. The summed E-state index contributed by atoms with van der Waals surface area (Å²) in [6, 6.07) is 16.9. The zero-order chi connectivity index (χ0) is 29.9. The fourth-order valence-electron chi connectivity index (χ4n) is 7.52. The van der Waals surface area contributed by atoms with E-state index in [2.05, 4.69) is 74.5 Å². The Bertz CT molecular complexity index is 1370. The van der Waals surface area contributed by atoms with E-state index < -0.39 is 0 Å². The maximum atomic E-state index is 6.33. The normalized spacial score (nSPS) is 21.0. The van der Waals surface area contributed by atoms with Gasteiger partial charge in [0.25, 0.3) is 0 Å². The second-order valence-corrected chi connectivity index (χ2v) is 13.4. The van der Waals surface area contributed by atoms with Crippen LogP contribution in [0, 0.1) is 0 Å². The van der Waals surface area contributed by atoms with Crippen molar-refractivity contribution in [3.05, 3.63) is 81.4 Å². The minimum atomic E-state index is -0.0621. The molecular weight excluding hydrogens is 595 g/mol. The standard InChI is InChI=1S/C32H40Cl2N10/c33-25-15-11-23(12-16-25)29(31-35-37-39-43(31)27-7-3-1-4-8-27)41-19-21-42(22-20-41)30(24-13-17-26(34)18-14-24)32-36-38-40-44(32)28-9-5-2-6-10-28/h11-18,27-30H,1-10,19-22H2. The second kappa shape index (κ2) is 13.6. The Morgan fingerprint density at radius 1 is 0.523 bits per heavy atom. The molecule has 10 nitrogen and oxygen atoms in total. The molecule has 0 bridgehead atoms. The van der Waals surface area contributed by atoms with Crippen LogP contribution in [0.25, 0.3) is 0 Å². The van der Waals surface area contributed by atoms with Gasteiger partial charge in [-0.3, -0.25) is 9.80 Å². The van der Waals surface area contributed by atoms with E-state index in [1.807, 2.05) is 24.3 Å². The fourth-order valence-corrected chi connectivity index (χ4v) is 7.77. The van der Waals surface area contributed by atoms with E-state index in [1.54, 1.807) is 0 Å². The molecule has 2 unspecified atom stereocenters. The summed E-state index contributed by atoms with van der Waals surface area (Å²) in [4.78, 5) is 5.04. The number of aromatic nitrogens is 8. The average Bonchev–Trinajstić information content (AvgIpc) is 3.76. The molecule has 1 aliphatic heterocycles. The highest BCUT2D eigenvalue weighted by molar-refractivity contribution is 6.30. The topological polar surface area (TPSA) is 93.7 Å². The molecule has 7 rings (SSSR count). The van der Waals surface area contributed by atoms with Gasteiger partial charge in [0.15, 0.2) is 11.6 Å². The lowest BCUT2D eigenvalue weighted by Gasteiger charge is -2.42. The number of hydrogen-bond acceptors (Lipinski definition) is 8. The first-order chi connectivity index (χ1) is 21.7. The summed E-state index contributed by atoms with van der Waals surface area (Å²) in [7, 11) is 0. The fraction of sp³-hybridized carbons (Fsp3) is 0.562. The Morgan fingerprint density at radius 2 is 0.886 bits per heavy atom. The van der Waals surface area contributed by atoms with Crippen molar-refractivity contribution in [2.75, 3.05) is 26.2 Å². The summed E-state index contributed by atoms with van der Waals surface area (Å²) in [6.45, 7) is 3.39. The third-order valence-corrected chi connectivity index (χ3v) is 10.3. The lowest BCUT2D eigenvalue weighted by molar-refractivity contribution is 0.0802. The van der Waals surface area contributed by atoms with Gasteiger partial charge in [0.2, 0.25) is 0 Å². The summed E-state index contributed by atoms with van der Waals surface area (Å²) in [5.41, 5.74) is 2.32. The largest absolute Gasteiger partial charge is 0.287 e. The van der Waals surface area contributed by atoms with Crippen molar-refractivity contribution in [3.63, 3.8) is 0 Å². The highest BCUT2D eigenvalue weighted by Gasteiger charge is 2.37. The van der Waals surface area contributed by atoms with Crippen molar-refractivity contribution < 1.29 is 0 Å². The Labute approximate surface area is 268 Å². The molecule has 0 spiro atoms. The molecule has 2 saturated carbocycles. The van der Waals surface area contributed by atoms with Crippen LogP contribution in [-0.2, 0) is 0 Å². The zero-order valence-corrected chi connectivity index (χ0v) is 26.6. The van der Waals surface area contributed by atoms with Crippen molar-refractivity contribution in [1.29, 1.82) is 0 Å². The molecule has 2 aliphatic carbocycles. The van der Waals surface area contributed by atoms with Crippen LogP contribution in [0.5, 0.6) is 0 Å². The number of hydrogen-bond donors (Lipinski definition) is 0. The van der Waals surface area contributed by atoms with Crippen LogP contribution in [0.3, 0.4) is 0 Å². The minimum absolute atomic E-state index is 0.0621. The number of rotatable bonds is 8. The lowest BCUT2D eigenvalue weighted by Crippen LogP contribution is -2.50. The molecule has 0 N–H and O–H groups in total. The molecule has 3 heterocycles. The van der Waals surface area contributed by atoms with E-state index in [4.69, 9.17) is 23.2 Å². The zero-order valence-electron chi connectivity index (χ0n) is 25.1. The highest BCUT2D eigenvalue weighted by Crippen LogP contribution is 2.37. The van der Waals surface area contributed by atoms with Crippen LogP contribution in [-0.4, -0.2) is 76.4 Å². The molecule has 3 aliphatic rings. The van der Waals surface area contributed by atoms with Gasteiger partial charge in [-0.1, -0.05) is 86.0 Å². The van der Waals surface area contributed by atoms with Gasteiger partial charge in [0.05, 0.1) is 24.2 Å². The summed E-state index contributed by atoms with van der Waals surface area (Å²) in [5.74, 6) is 1.84. The van der Waals surface area contributed by atoms with Gasteiger partial charge in [-0.15, -0.1) is 10.2 Å². The van der Waals surface area contributed by atoms with Crippen LogP contribution in [0.15, 0.2) is 48.5 Å². The molecule has 2 aromatic heterocycles. The first-order valence-electron chi connectivity index (χ1n) is 16.2. The van der Waals surface area contributed by atoms with E-state index in [9.17, 15) is 0 Å². The van der Waals surface area contributed by atoms with Gasteiger partial charge >= 0.3 is 0 Å². The van der Waals surface area contributed by atoms with E-state index in [0.717, 1.165) is 84.7 Å². The molecule has 3 fully saturated rings. The quantitative estimate of drug-likeness (QED) is 0.218. The SMILES string of the molecule is Clc1ccc(C(c2nnnn2C2CCCCC2)N2CCN(C(c3ccc(Cl)cc3)c3nnnn3C3CCCCC3)CC2)cc1. The number of piperazine rings is 1. The molecular formula is C32H40Cl2N10. The third kappa shape index (κ3) is 6.27. The van der Waals surface area contributed by atoms with Crippen molar-refractivity contribution in [2.45, 2.75) is 88.4 Å². The third-order valence-electron chi connectivity index (χ3n) is 9.82. The lowest BCUT2D eigenvalue weighted by atomic mass is 9.94. The van der Waals surface area contributed by atoms with Crippen molar-refractivity contribution in [2.24, 2.45) is 0 Å². The molecule has 44 heavy (non-hydrogen) atoms. The molecule has 232 valence electrons. The maximum Gasteiger partial charge on any atom is 0.173 e. The summed E-state index contributed by atoms with van der Waals surface area (Å²) in [6.07, 6.45) is 12.0. The monoisotopic (exact) mass is 634 g/mol. The summed E-state index contributed by atoms with van der Waals surface area (Å²) in [5, 5.41) is 28.2. The predicted octanol–water partition coefficient (Wildman–Crippen LogP) is 6.47. The predicted molar refractivity (Wildman–Crippen MR) is 170 cm³/mol. The van der Waals surface area contributed by atoms with E-state index in [0.29, 0.717) is 12.1 Å². The van der Waals surface area contributed by atoms with Gasteiger partial charge < -0.3 is 0 Å². The number of nitrogens with zero attached hydrogens (tertiary/aromatic N) is 10. The number of tetrazole rings is 2. The van der Waals surface area contributed by atoms with Crippen LogP contribution in [0.2, 0.25) is 10.0 Å².